The van der Waals surface area contributed by atoms with Gasteiger partial charge < -0.3 is 0 Å². The van der Waals surface area contributed by atoms with Crippen LogP contribution in [0.25, 0.3) is 0 Å². The minimum atomic E-state index is -0.449. The molecule has 0 aromatic heterocycles. The Hall–Kier alpha value is -1.80. The molecular formula is C20H22N2. The van der Waals surface area contributed by atoms with Crippen LogP contribution in [0.15, 0.2) is 30.3 Å². The van der Waals surface area contributed by atoms with Crippen LogP contribution in [0.1, 0.15) is 44.6 Å². The third-order valence-electron chi connectivity index (χ3n) is 7.22. The van der Waals surface area contributed by atoms with E-state index in [2.05, 4.69) is 49.4 Å². The Kier molecular flexibility index (Phi) is 2.89. The summed E-state index contributed by atoms with van der Waals surface area (Å²) >= 11 is 0. The molecule has 22 heavy (non-hydrogen) atoms. The van der Waals surface area contributed by atoms with Gasteiger partial charge in [-0.05, 0) is 60.8 Å². The summed E-state index contributed by atoms with van der Waals surface area (Å²) in [6.07, 6.45) is 6.09. The quantitative estimate of drug-likeness (QED) is 0.808. The van der Waals surface area contributed by atoms with Crippen molar-refractivity contribution in [1.29, 1.82) is 10.5 Å². The van der Waals surface area contributed by atoms with E-state index in [-0.39, 0.29) is 5.41 Å². The second kappa shape index (κ2) is 4.60. The molecule has 4 fully saturated rings. The number of rotatable bonds is 2. The van der Waals surface area contributed by atoms with Crippen LogP contribution in [-0.4, -0.2) is 0 Å². The van der Waals surface area contributed by atoms with Crippen molar-refractivity contribution in [1.82, 2.24) is 0 Å². The number of hydrogen-bond donors (Lipinski definition) is 0. The van der Waals surface area contributed by atoms with Crippen LogP contribution in [0.5, 0.6) is 0 Å². The van der Waals surface area contributed by atoms with E-state index in [4.69, 9.17) is 0 Å². The van der Waals surface area contributed by atoms with E-state index in [1.165, 1.54) is 37.7 Å². The van der Waals surface area contributed by atoms with Gasteiger partial charge in [0.1, 0.15) is 5.92 Å². The molecule has 5 rings (SSSR count). The topological polar surface area (TPSA) is 47.6 Å². The predicted molar refractivity (Wildman–Crippen MR) is 84.5 cm³/mol. The van der Waals surface area contributed by atoms with Gasteiger partial charge in [0.15, 0.2) is 0 Å². The molecule has 0 saturated heterocycles. The normalized spacial score (nSPS) is 42.1. The molecule has 0 amide bonds. The molecule has 0 aliphatic heterocycles. The molecule has 1 aromatic carbocycles. The number of nitrogens with zero attached hydrogens (tertiary/aromatic N) is 2. The SMILES string of the molecule is CC1(C(C#N)C#N)[C@@H]2CC3C[C@H]1CC(c1ccccc1)(C3)C2. The summed E-state index contributed by atoms with van der Waals surface area (Å²) < 4.78 is 0. The minimum absolute atomic E-state index is 0.0985. The molecule has 2 nitrogen and oxygen atoms in total. The average molecular weight is 290 g/mol. The highest BCUT2D eigenvalue weighted by Gasteiger charge is 2.63. The monoisotopic (exact) mass is 290 g/mol. The third kappa shape index (κ3) is 1.65. The summed E-state index contributed by atoms with van der Waals surface area (Å²) in [6.45, 7) is 2.23. The van der Waals surface area contributed by atoms with Gasteiger partial charge in [-0.2, -0.15) is 10.5 Å². The van der Waals surface area contributed by atoms with Gasteiger partial charge in [0.25, 0.3) is 0 Å². The average Bonchev–Trinajstić information content (AvgIpc) is 2.54. The Labute approximate surface area is 132 Å². The first-order valence-corrected chi connectivity index (χ1v) is 8.47. The highest BCUT2D eigenvalue weighted by Crippen LogP contribution is 2.68. The zero-order valence-corrected chi connectivity index (χ0v) is 13.1. The van der Waals surface area contributed by atoms with Gasteiger partial charge >= 0.3 is 0 Å². The van der Waals surface area contributed by atoms with Crippen LogP contribution in [-0.2, 0) is 5.41 Å². The second-order valence-corrected chi connectivity index (χ2v) is 8.05. The lowest BCUT2D eigenvalue weighted by Gasteiger charge is -2.65. The lowest BCUT2D eigenvalue weighted by atomic mass is 9.38. The van der Waals surface area contributed by atoms with Crippen molar-refractivity contribution in [2.75, 3.05) is 0 Å². The number of benzene rings is 1. The van der Waals surface area contributed by atoms with Crippen molar-refractivity contribution >= 4 is 0 Å². The highest BCUT2D eigenvalue weighted by molar-refractivity contribution is 5.31. The molecule has 4 aliphatic carbocycles. The van der Waals surface area contributed by atoms with E-state index in [0.29, 0.717) is 17.3 Å². The molecule has 5 atom stereocenters. The van der Waals surface area contributed by atoms with Crippen LogP contribution < -0.4 is 0 Å². The van der Waals surface area contributed by atoms with E-state index in [1.807, 2.05) is 0 Å². The maximum Gasteiger partial charge on any atom is 0.139 e. The van der Waals surface area contributed by atoms with Crippen molar-refractivity contribution in [3.8, 4) is 12.1 Å². The first-order chi connectivity index (χ1) is 10.6. The standard InChI is InChI=1S/C20H22N2/c1-19(18(12-21)13-22)16-7-14-8-17(19)11-20(9-14,10-16)15-5-3-2-4-6-15/h2-6,14,16-18H,7-11H2,1H3/t14?,16-,17+,19?,20?. The van der Waals surface area contributed by atoms with Crippen LogP contribution in [0, 0.1) is 51.7 Å². The highest BCUT2D eigenvalue weighted by atomic mass is 14.7. The summed E-state index contributed by atoms with van der Waals surface area (Å²) in [5, 5.41) is 19.0. The van der Waals surface area contributed by atoms with E-state index < -0.39 is 5.92 Å². The van der Waals surface area contributed by atoms with E-state index >= 15 is 0 Å². The lowest BCUT2D eigenvalue weighted by molar-refractivity contribution is -0.123. The molecule has 112 valence electrons. The molecular weight excluding hydrogens is 268 g/mol. The molecule has 0 N–H and O–H groups in total. The fraction of sp³-hybridized carbons (Fsp3) is 0.600. The van der Waals surface area contributed by atoms with Crippen LogP contribution in [0.3, 0.4) is 0 Å². The van der Waals surface area contributed by atoms with Gasteiger partial charge in [-0.3, -0.25) is 0 Å². The van der Waals surface area contributed by atoms with Crippen LogP contribution >= 0.6 is 0 Å². The van der Waals surface area contributed by atoms with Crippen molar-refractivity contribution in [3.05, 3.63) is 35.9 Å². The molecule has 4 saturated carbocycles. The molecule has 4 bridgehead atoms. The minimum Gasteiger partial charge on any atom is -0.197 e. The third-order valence-corrected chi connectivity index (χ3v) is 7.22. The fourth-order valence-corrected chi connectivity index (χ4v) is 6.18. The van der Waals surface area contributed by atoms with Gasteiger partial charge in [-0.1, -0.05) is 37.3 Å². The van der Waals surface area contributed by atoms with Gasteiger partial charge in [0, 0.05) is 5.41 Å². The zero-order chi connectivity index (χ0) is 15.4. The van der Waals surface area contributed by atoms with Crippen LogP contribution in [0.4, 0.5) is 0 Å². The Morgan fingerprint density at radius 3 is 2.14 bits per heavy atom. The van der Waals surface area contributed by atoms with Crippen molar-refractivity contribution in [2.45, 2.75) is 44.4 Å². The summed E-state index contributed by atoms with van der Waals surface area (Å²) in [5.41, 5.74) is 1.70. The fourth-order valence-electron chi connectivity index (χ4n) is 6.18. The van der Waals surface area contributed by atoms with Gasteiger partial charge in [0.05, 0.1) is 12.1 Å². The van der Waals surface area contributed by atoms with Crippen molar-refractivity contribution in [3.63, 3.8) is 0 Å². The first-order valence-electron chi connectivity index (χ1n) is 8.47. The summed E-state index contributed by atoms with van der Waals surface area (Å²) in [7, 11) is 0. The Balaban J connectivity index is 1.76. The van der Waals surface area contributed by atoms with Crippen LogP contribution in [0.2, 0.25) is 0 Å². The Morgan fingerprint density at radius 2 is 1.59 bits per heavy atom. The molecule has 0 radical (unpaired) electrons. The van der Waals surface area contributed by atoms with E-state index in [0.717, 1.165) is 5.92 Å². The summed E-state index contributed by atoms with van der Waals surface area (Å²) in [4.78, 5) is 0. The largest absolute Gasteiger partial charge is 0.197 e. The van der Waals surface area contributed by atoms with Gasteiger partial charge in [0.2, 0.25) is 0 Å². The lowest BCUT2D eigenvalue weighted by Crippen LogP contribution is -2.59. The maximum absolute atomic E-state index is 9.48. The van der Waals surface area contributed by atoms with Gasteiger partial charge in [-0.25, -0.2) is 0 Å². The smallest absolute Gasteiger partial charge is 0.139 e. The summed E-state index contributed by atoms with van der Waals surface area (Å²) in [5.74, 6) is 1.41. The molecule has 1 aromatic rings. The predicted octanol–water partition coefficient (Wildman–Crippen LogP) is 4.43. The zero-order valence-electron chi connectivity index (χ0n) is 13.1. The maximum atomic E-state index is 9.48. The Bertz CT molecular complexity index is 633. The van der Waals surface area contributed by atoms with E-state index in [9.17, 15) is 10.5 Å². The second-order valence-electron chi connectivity index (χ2n) is 8.05. The van der Waals surface area contributed by atoms with Crippen molar-refractivity contribution in [2.24, 2.45) is 29.1 Å². The first kappa shape index (κ1) is 13.8. The molecule has 2 heteroatoms. The number of hydrogen-bond acceptors (Lipinski definition) is 2. The van der Waals surface area contributed by atoms with E-state index in [1.54, 1.807) is 0 Å². The molecule has 4 aliphatic rings. The van der Waals surface area contributed by atoms with Crippen molar-refractivity contribution < 1.29 is 0 Å². The summed E-state index contributed by atoms with van der Waals surface area (Å²) in [6, 6.07) is 15.6. The Morgan fingerprint density at radius 1 is 1.00 bits per heavy atom. The molecule has 3 unspecified atom stereocenters. The molecule has 0 spiro atoms. The molecule has 0 heterocycles. The van der Waals surface area contributed by atoms with Gasteiger partial charge in [-0.15, -0.1) is 0 Å². The number of nitriles is 2.